The second-order valence-corrected chi connectivity index (χ2v) is 3.90. The van der Waals surface area contributed by atoms with Gasteiger partial charge in [0.15, 0.2) is 0 Å². The first-order chi connectivity index (χ1) is 9.29. The van der Waals surface area contributed by atoms with Gasteiger partial charge in [-0.1, -0.05) is 6.07 Å². The van der Waals surface area contributed by atoms with E-state index in [-0.39, 0.29) is 5.91 Å². The van der Waals surface area contributed by atoms with Gasteiger partial charge >= 0.3 is 0 Å². The van der Waals surface area contributed by atoms with Crippen LogP contribution in [-0.4, -0.2) is 34.5 Å². The Morgan fingerprint density at radius 2 is 2.16 bits per heavy atom. The number of aromatic nitrogens is 3. The molecule has 6 nitrogen and oxygen atoms in total. The third-order valence-corrected chi connectivity index (χ3v) is 2.56. The van der Waals surface area contributed by atoms with Crippen molar-refractivity contribution in [3.63, 3.8) is 0 Å². The molecular weight excluding hydrogens is 242 g/mol. The summed E-state index contributed by atoms with van der Waals surface area (Å²) in [6.07, 6.45) is 7.22. The minimum absolute atomic E-state index is 0.223. The summed E-state index contributed by atoms with van der Waals surface area (Å²) in [5.74, 6) is 0.408. The van der Waals surface area contributed by atoms with E-state index in [0.717, 1.165) is 12.0 Å². The monoisotopic (exact) mass is 257 g/mol. The molecule has 0 aliphatic rings. The highest BCUT2D eigenvalue weighted by Gasteiger charge is 2.06. The lowest BCUT2D eigenvalue weighted by atomic mass is 10.2. The summed E-state index contributed by atoms with van der Waals surface area (Å²) in [5.41, 5.74) is 1.39. The molecule has 2 rings (SSSR count). The fraction of sp³-hybridized carbons (Fsp3) is 0.231. The van der Waals surface area contributed by atoms with Crippen LogP contribution < -0.4 is 10.6 Å². The molecule has 0 spiro atoms. The Kier molecular flexibility index (Phi) is 4.39. The minimum atomic E-state index is -0.223. The van der Waals surface area contributed by atoms with E-state index in [0.29, 0.717) is 18.1 Å². The zero-order chi connectivity index (χ0) is 13.5. The van der Waals surface area contributed by atoms with Crippen LogP contribution in [0.3, 0.4) is 0 Å². The maximum atomic E-state index is 11.8. The topological polar surface area (TPSA) is 79.8 Å². The van der Waals surface area contributed by atoms with Gasteiger partial charge < -0.3 is 10.6 Å². The van der Waals surface area contributed by atoms with Crippen LogP contribution in [0.4, 0.5) is 5.82 Å². The highest BCUT2D eigenvalue weighted by Crippen LogP contribution is 2.00. The van der Waals surface area contributed by atoms with Gasteiger partial charge in [0.2, 0.25) is 0 Å². The Labute approximate surface area is 111 Å². The molecule has 0 unspecified atom stereocenters. The van der Waals surface area contributed by atoms with Crippen LogP contribution in [0, 0.1) is 0 Å². The van der Waals surface area contributed by atoms with Crippen LogP contribution in [-0.2, 0) is 6.42 Å². The second-order valence-electron chi connectivity index (χ2n) is 3.90. The largest absolute Gasteiger partial charge is 0.372 e. The Morgan fingerprint density at radius 1 is 1.26 bits per heavy atom. The van der Waals surface area contributed by atoms with E-state index in [1.54, 1.807) is 19.4 Å². The standard InChI is InChI=1S/C13H15N5O/c1-14-12-9-17-11(8-18-12)13(19)16-6-4-10-3-2-5-15-7-10/h2-3,5,7-9H,4,6H2,1H3,(H,14,18)(H,16,19). The average Bonchev–Trinajstić information content (AvgIpc) is 2.48. The Balaban J connectivity index is 1.84. The SMILES string of the molecule is CNc1cnc(C(=O)NCCc2cccnc2)cn1. The summed E-state index contributed by atoms with van der Waals surface area (Å²) in [4.78, 5) is 23.9. The third kappa shape index (κ3) is 3.74. The molecule has 98 valence electrons. The van der Waals surface area contributed by atoms with Crippen LogP contribution in [0.25, 0.3) is 0 Å². The summed E-state index contributed by atoms with van der Waals surface area (Å²) in [5, 5.41) is 5.64. The van der Waals surface area contributed by atoms with Crippen molar-refractivity contribution < 1.29 is 4.79 Å². The number of hydrogen-bond acceptors (Lipinski definition) is 5. The zero-order valence-corrected chi connectivity index (χ0v) is 10.6. The lowest BCUT2D eigenvalue weighted by molar-refractivity contribution is 0.0949. The Bertz CT molecular complexity index is 526. The van der Waals surface area contributed by atoms with Crippen LogP contribution in [0.5, 0.6) is 0 Å². The van der Waals surface area contributed by atoms with Gasteiger partial charge in [0.1, 0.15) is 11.5 Å². The van der Waals surface area contributed by atoms with E-state index in [4.69, 9.17) is 0 Å². The van der Waals surface area contributed by atoms with E-state index in [1.807, 2.05) is 12.1 Å². The molecule has 0 bridgehead atoms. The normalized spacial score (nSPS) is 9.95. The smallest absolute Gasteiger partial charge is 0.271 e. The van der Waals surface area contributed by atoms with Crippen LogP contribution >= 0.6 is 0 Å². The molecule has 1 amide bonds. The summed E-state index contributed by atoms with van der Waals surface area (Å²) < 4.78 is 0. The van der Waals surface area contributed by atoms with Crippen molar-refractivity contribution >= 4 is 11.7 Å². The minimum Gasteiger partial charge on any atom is -0.372 e. The number of carbonyl (C=O) groups excluding carboxylic acids is 1. The number of pyridine rings is 1. The first-order valence-electron chi connectivity index (χ1n) is 5.96. The molecular formula is C13H15N5O. The summed E-state index contributed by atoms with van der Waals surface area (Å²) in [7, 11) is 1.75. The molecule has 0 saturated carbocycles. The molecule has 2 N–H and O–H groups in total. The van der Waals surface area contributed by atoms with Crippen molar-refractivity contribution in [3.05, 3.63) is 48.2 Å². The van der Waals surface area contributed by atoms with E-state index >= 15 is 0 Å². The van der Waals surface area contributed by atoms with E-state index in [1.165, 1.54) is 12.4 Å². The highest BCUT2D eigenvalue weighted by molar-refractivity contribution is 5.91. The first kappa shape index (κ1) is 12.9. The number of amides is 1. The number of rotatable bonds is 5. The van der Waals surface area contributed by atoms with E-state index < -0.39 is 0 Å². The molecule has 0 aliphatic heterocycles. The molecule has 6 heteroatoms. The predicted molar refractivity (Wildman–Crippen MR) is 71.9 cm³/mol. The van der Waals surface area contributed by atoms with Gasteiger partial charge in [0, 0.05) is 26.0 Å². The molecule has 19 heavy (non-hydrogen) atoms. The van der Waals surface area contributed by atoms with Crippen LogP contribution in [0.2, 0.25) is 0 Å². The maximum Gasteiger partial charge on any atom is 0.271 e. The number of anilines is 1. The lowest BCUT2D eigenvalue weighted by Crippen LogP contribution is -2.26. The molecule has 0 atom stereocenters. The Morgan fingerprint density at radius 3 is 2.79 bits per heavy atom. The number of nitrogens with zero attached hydrogens (tertiary/aromatic N) is 3. The summed E-state index contributed by atoms with van der Waals surface area (Å²) >= 11 is 0. The molecule has 2 aromatic rings. The van der Waals surface area contributed by atoms with Gasteiger partial charge in [-0.3, -0.25) is 9.78 Å². The molecule has 0 radical (unpaired) electrons. The van der Waals surface area contributed by atoms with Crippen molar-refractivity contribution in [2.24, 2.45) is 0 Å². The zero-order valence-electron chi connectivity index (χ0n) is 10.6. The lowest BCUT2D eigenvalue weighted by Gasteiger charge is -2.05. The molecule has 2 aromatic heterocycles. The van der Waals surface area contributed by atoms with Gasteiger partial charge in [0.05, 0.1) is 12.4 Å². The number of hydrogen-bond donors (Lipinski definition) is 2. The Hall–Kier alpha value is -2.50. The predicted octanol–water partition coefficient (Wildman–Crippen LogP) is 0.886. The van der Waals surface area contributed by atoms with Crippen LogP contribution in [0.1, 0.15) is 16.1 Å². The highest BCUT2D eigenvalue weighted by atomic mass is 16.1. The fourth-order valence-electron chi connectivity index (χ4n) is 1.53. The molecule has 0 aliphatic carbocycles. The quantitative estimate of drug-likeness (QED) is 0.831. The number of nitrogens with one attached hydrogen (secondary N) is 2. The van der Waals surface area contributed by atoms with Crippen LogP contribution in [0.15, 0.2) is 36.9 Å². The molecule has 0 saturated heterocycles. The molecule has 0 fully saturated rings. The second kappa shape index (κ2) is 6.44. The van der Waals surface area contributed by atoms with Crippen molar-refractivity contribution in [1.29, 1.82) is 0 Å². The van der Waals surface area contributed by atoms with Gasteiger partial charge in [0.25, 0.3) is 5.91 Å². The fourth-order valence-corrected chi connectivity index (χ4v) is 1.53. The maximum absolute atomic E-state index is 11.8. The first-order valence-corrected chi connectivity index (χ1v) is 5.96. The molecule has 2 heterocycles. The van der Waals surface area contributed by atoms with Crippen molar-refractivity contribution in [2.75, 3.05) is 18.9 Å². The van der Waals surface area contributed by atoms with E-state index in [9.17, 15) is 4.79 Å². The third-order valence-electron chi connectivity index (χ3n) is 2.56. The molecule has 0 aromatic carbocycles. The van der Waals surface area contributed by atoms with Gasteiger partial charge in [-0.15, -0.1) is 0 Å². The van der Waals surface area contributed by atoms with Crippen molar-refractivity contribution in [1.82, 2.24) is 20.3 Å². The number of carbonyl (C=O) groups is 1. The summed E-state index contributed by atoms with van der Waals surface area (Å²) in [6.45, 7) is 0.542. The van der Waals surface area contributed by atoms with E-state index in [2.05, 4.69) is 25.6 Å². The summed E-state index contributed by atoms with van der Waals surface area (Å²) in [6, 6.07) is 3.85. The van der Waals surface area contributed by atoms with Crippen molar-refractivity contribution in [2.45, 2.75) is 6.42 Å². The van der Waals surface area contributed by atoms with Crippen molar-refractivity contribution in [3.8, 4) is 0 Å². The van der Waals surface area contributed by atoms with Gasteiger partial charge in [-0.25, -0.2) is 9.97 Å². The van der Waals surface area contributed by atoms with Gasteiger partial charge in [-0.2, -0.15) is 0 Å². The average molecular weight is 257 g/mol. The van der Waals surface area contributed by atoms with Gasteiger partial charge in [-0.05, 0) is 18.1 Å².